The Kier molecular flexibility index (Phi) is 5.17. The lowest BCUT2D eigenvalue weighted by molar-refractivity contribution is -0.123. The van der Waals surface area contributed by atoms with Gasteiger partial charge in [0.2, 0.25) is 0 Å². The summed E-state index contributed by atoms with van der Waals surface area (Å²) in [4.78, 5) is 24.0. The quantitative estimate of drug-likeness (QED) is 0.872. The summed E-state index contributed by atoms with van der Waals surface area (Å²) in [6, 6.07) is 13.7. The number of esters is 1. The predicted octanol–water partition coefficient (Wildman–Crippen LogP) is 3.83. The van der Waals surface area contributed by atoms with E-state index < -0.39 is 12.1 Å². The fourth-order valence-corrected chi connectivity index (χ4v) is 1.94. The van der Waals surface area contributed by atoms with Crippen molar-refractivity contribution in [2.75, 3.05) is 5.32 Å². The lowest BCUT2D eigenvalue weighted by atomic mass is 10.2. The second-order valence-corrected chi connectivity index (χ2v) is 5.30. The molecule has 0 bridgehead atoms. The van der Waals surface area contributed by atoms with Crippen LogP contribution in [0.4, 0.5) is 5.69 Å². The molecule has 4 nitrogen and oxygen atoms in total. The van der Waals surface area contributed by atoms with Gasteiger partial charge in [0, 0.05) is 10.7 Å². The summed E-state index contributed by atoms with van der Waals surface area (Å²) >= 11 is 5.76. The van der Waals surface area contributed by atoms with Crippen molar-refractivity contribution in [3.63, 3.8) is 0 Å². The molecule has 5 heteroatoms. The lowest BCUT2D eigenvalue weighted by Crippen LogP contribution is -2.30. The molecular formula is C17H16ClNO3. The number of hydrogen-bond acceptors (Lipinski definition) is 3. The summed E-state index contributed by atoms with van der Waals surface area (Å²) in [7, 11) is 0. The summed E-state index contributed by atoms with van der Waals surface area (Å²) in [5, 5.41) is 3.27. The molecule has 0 aromatic heterocycles. The van der Waals surface area contributed by atoms with E-state index in [1.165, 1.54) is 6.92 Å². The lowest BCUT2D eigenvalue weighted by Gasteiger charge is -2.14. The van der Waals surface area contributed by atoms with Crippen LogP contribution in [0.1, 0.15) is 22.8 Å². The Morgan fingerprint density at radius 1 is 1.09 bits per heavy atom. The molecule has 0 spiro atoms. The van der Waals surface area contributed by atoms with Crippen LogP contribution in [0.2, 0.25) is 5.02 Å². The van der Waals surface area contributed by atoms with Gasteiger partial charge in [-0.25, -0.2) is 4.79 Å². The van der Waals surface area contributed by atoms with Crippen molar-refractivity contribution in [1.29, 1.82) is 0 Å². The maximum absolute atomic E-state index is 12.1. The third-order valence-corrected chi connectivity index (χ3v) is 3.39. The molecule has 2 aromatic carbocycles. The molecule has 1 amide bonds. The SMILES string of the molecule is Cc1ccccc1NC(=O)[C@H](C)OC(=O)c1ccc(Cl)cc1. The predicted molar refractivity (Wildman–Crippen MR) is 86.1 cm³/mol. The molecule has 0 radical (unpaired) electrons. The van der Waals surface area contributed by atoms with Gasteiger partial charge < -0.3 is 10.1 Å². The summed E-state index contributed by atoms with van der Waals surface area (Å²) in [6.45, 7) is 3.42. The molecule has 2 rings (SSSR count). The van der Waals surface area contributed by atoms with E-state index in [0.29, 0.717) is 16.3 Å². The van der Waals surface area contributed by atoms with Crippen molar-refractivity contribution < 1.29 is 14.3 Å². The van der Waals surface area contributed by atoms with Crippen LogP contribution in [0.25, 0.3) is 0 Å². The number of nitrogens with one attached hydrogen (secondary N) is 1. The summed E-state index contributed by atoms with van der Waals surface area (Å²) < 4.78 is 5.16. The minimum atomic E-state index is -0.900. The Morgan fingerprint density at radius 3 is 2.36 bits per heavy atom. The highest BCUT2D eigenvalue weighted by molar-refractivity contribution is 6.30. The molecule has 22 heavy (non-hydrogen) atoms. The Balaban J connectivity index is 1.98. The van der Waals surface area contributed by atoms with E-state index in [0.717, 1.165) is 5.56 Å². The monoisotopic (exact) mass is 317 g/mol. The topological polar surface area (TPSA) is 55.4 Å². The average Bonchev–Trinajstić information content (AvgIpc) is 2.50. The largest absolute Gasteiger partial charge is 0.449 e. The zero-order chi connectivity index (χ0) is 16.1. The molecule has 2 aromatic rings. The zero-order valence-corrected chi connectivity index (χ0v) is 13.1. The number of halogens is 1. The summed E-state index contributed by atoms with van der Waals surface area (Å²) in [6.07, 6.45) is -0.900. The van der Waals surface area contributed by atoms with E-state index in [1.807, 2.05) is 25.1 Å². The van der Waals surface area contributed by atoms with Gasteiger partial charge in [-0.1, -0.05) is 29.8 Å². The fraction of sp³-hybridized carbons (Fsp3) is 0.176. The minimum Gasteiger partial charge on any atom is -0.449 e. The van der Waals surface area contributed by atoms with Gasteiger partial charge in [0.05, 0.1) is 5.56 Å². The highest BCUT2D eigenvalue weighted by Gasteiger charge is 2.19. The van der Waals surface area contributed by atoms with E-state index in [9.17, 15) is 9.59 Å². The van der Waals surface area contributed by atoms with Gasteiger partial charge in [0.1, 0.15) is 0 Å². The number of hydrogen-bond donors (Lipinski definition) is 1. The van der Waals surface area contributed by atoms with Gasteiger partial charge in [-0.3, -0.25) is 4.79 Å². The fourth-order valence-electron chi connectivity index (χ4n) is 1.82. The van der Waals surface area contributed by atoms with E-state index in [4.69, 9.17) is 16.3 Å². The average molecular weight is 318 g/mol. The molecule has 0 aliphatic heterocycles. The van der Waals surface area contributed by atoms with Crippen molar-refractivity contribution in [3.8, 4) is 0 Å². The molecule has 0 aliphatic rings. The van der Waals surface area contributed by atoms with Gasteiger partial charge >= 0.3 is 5.97 Å². The molecule has 0 saturated heterocycles. The molecular weight excluding hydrogens is 302 g/mol. The smallest absolute Gasteiger partial charge is 0.338 e. The number of amides is 1. The minimum absolute atomic E-state index is 0.347. The third kappa shape index (κ3) is 4.09. The Hall–Kier alpha value is -2.33. The Labute approximate surface area is 134 Å². The van der Waals surface area contributed by atoms with Crippen LogP contribution < -0.4 is 5.32 Å². The van der Waals surface area contributed by atoms with Crippen LogP contribution in [-0.4, -0.2) is 18.0 Å². The molecule has 0 aliphatic carbocycles. The molecule has 0 unspecified atom stereocenters. The van der Waals surface area contributed by atoms with Crippen LogP contribution >= 0.6 is 11.6 Å². The third-order valence-electron chi connectivity index (χ3n) is 3.14. The number of benzene rings is 2. The summed E-state index contributed by atoms with van der Waals surface area (Å²) in [5.74, 6) is -0.944. The highest BCUT2D eigenvalue weighted by Crippen LogP contribution is 2.15. The number of carbonyl (C=O) groups is 2. The van der Waals surface area contributed by atoms with Crippen LogP contribution in [0.3, 0.4) is 0 Å². The molecule has 0 saturated carbocycles. The van der Waals surface area contributed by atoms with Gasteiger partial charge in [-0.15, -0.1) is 0 Å². The van der Waals surface area contributed by atoms with Crippen molar-refractivity contribution in [2.24, 2.45) is 0 Å². The maximum atomic E-state index is 12.1. The van der Waals surface area contributed by atoms with Crippen molar-refractivity contribution in [3.05, 3.63) is 64.7 Å². The zero-order valence-electron chi connectivity index (χ0n) is 12.3. The molecule has 0 heterocycles. The Bertz CT molecular complexity index is 683. The van der Waals surface area contributed by atoms with Gasteiger partial charge in [0.15, 0.2) is 6.10 Å². The van der Waals surface area contributed by atoms with E-state index in [-0.39, 0.29) is 5.91 Å². The first-order valence-corrected chi connectivity index (χ1v) is 7.18. The van der Waals surface area contributed by atoms with Crippen molar-refractivity contribution in [1.82, 2.24) is 0 Å². The first kappa shape index (κ1) is 16.0. The van der Waals surface area contributed by atoms with E-state index in [2.05, 4.69) is 5.32 Å². The molecule has 114 valence electrons. The number of aryl methyl sites for hydroxylation is 1. The molecule has 1 atom stereocenters. The maximum Gasteiger partial charge on any atom is 0.338 e. The number of ether oxygens (including phenoxy) is 1. The number of rotatable bonds is 4. The normalized spacial score (nSPS) is 11.6. The first-order chi connectivity index (χ1) is 10.5. The van der Waals surface area contributed by atoms with Gasteiger partial charge in [0.25, 0.3) is 5.91 Å². The number of para-hydroxylation sites is 1. The van der Waals surface area contributed by atoms with E-state index in [1.54, 1.807) is 30.3 Å². The molecule has 0 fully saturated rings. The van der Waals surface area contributed by atoms with Crippen molar-refractivity contribution >= 4 is 29.2 Å². The highest BCUT2D eigenvalue weighted by atomic mass is 35.5. The molecule has 1 N–H and O–H groups in total. The number of anilines is 1. The van der Waals surface area contributed by atoms with E-state index >= 15 is 0 Å². The van der Waals surface area contributed by atoms with Crippen LogP contribution in [0.5, 0.6) is 0 Å². The van der Waals surface area contributed by atoms with Crippen LogP contribution in [0.15, 0.2) is 48.5 Å². The van der Waals surface area contributed by atoms with Gasteiger partial charge in [-0.05, 0) is 49.7 Å². The van der Waals surface area contributed by atoms with Crippen LogP contribution in [-0.2, 0) is 9.53 Å². The Morgan fingerprint density at radius 2 is 1.73 bits per heavy atom. The standard InChI is InChI=1S/C17H16ClNO3/c1-11-5-3-4-6-15(11)19-16(20)12(2)22-17(21)13-7-9-14(18)10-8-13/h3-10,12H,1-2H3,(H,19,20)/t12-/m0/s1. The van der Waals surface area contributed by atoms with Crippen molar-refractivity contribution in [2.45, 2.75) is 20.0 Å². The number of carbonyl (C=O) groups excluding carboxylic acids is 2. The second-order valence-electron chi connectivity index (χ2n) is 4.86. The van der Waals surface area contributed by atoms with Crippen LogP contribution in [0, 0.1) is 6.92 Å². The van der Waals surface area contributed by atoms with Gasteiger partial charge in [-0.2, -0.15) is 0 Å². The summed E-state index contributed by atoms with van der Waals surface area (Å²) in [5.41, 5.74) is 1.98. The first-order valence-electron chi connectivity index (χ1n) is 6.80. The second kappa shape index (κ2) is 7.09.